The molecule has 0 saturated carbocycles. The van der Waals surface area contributed by atoms with E-state index in [4.69, 9.17) is 0 Å². The van der Waals surface area contributed by atoms with Crippen LogP contribution < -0.4 is 27.4 Å². The zero-order valence-electron chi connectivity index (χ0n) is 24.6. The Balaban J connectivity index is 1.26. The molecule has 7 aromatic carbocycles. The van der Waals surface area contributed by atoms with Gasteiger partial charge in [0, 0.05) is 0 Å². The van der Waals surface area contributed by atoms with Crippen molar-refractivity contribution in [1.29, 1.82) is 0 Å². The van der Waals surface area contributed by atoms with Crippen molar-refractivity contribution in [3.05, 3.63) is 170 Å². The maximum absolute atomic E-state index is 3.29. The fourth-order valence-corrected chi connectivity index (χ4v) is 20.1. The van der Waals surface area contributed by atoms with Crippen molar-refractivity contribution in [2.24, 2.45) is 0 Å². The van der Waals surface area contributed by atoms with Gasteiger partial charge in [-0.3, -0.25) is 0 Å². The summed E-state index contributed by atoms with van der Waals surface area (Å²) in [6.45, 7) is 0. The van der Waals surface area contributed by atoms with Crippen molar-refractivity contribution in [2.75, 3.05) is 9.80 Å². The molecule has 10 rings (SSSR count). The number of nitrogens with zero attached hydrogens (tertiary/aromatic N) is 2. The fraction of sp³-hybridized carbons (Fsp3) is 0. The van der Waals surface area contributed by atoms with Crippen LogP contribution in [0.2, 0.25) is 0 Å². The van der Waals surface area contributed by atoms with E-state index in [9.17, 15) is 0 Å². The number of anilines is 6. The molecule has 210 valence electrons. The molecule has 0 N–H and O–H groups in total. The topological polar surface area (TPSA) is 6.48 Å². The van der Waals surface area contributed by atoms with E-state index in [0.29, 0.717) is 0 Å². The fourth-order valence-electron chi connectivity index (χ4n) is 8.30. The Labute approximate surface area is 265 Å². The second-order valence-electron chi connectivity index (χ2n) is 12.1. The van der Waals surface area contributed by atoms with Crippen molar-refractivity contribution >= 4 is 65.0 Å². The van der Waals surface area contributed by atoms with Gasteiger partial charge in [-0.15, -0.1) is 0 Å². The zero-order chi connectivity index (χ0) is 29.5. The van der Waals surface area contributed by atoms with Gasteiger partial charge in [0.1, 0.15) is 0 Å². The molecule has 0 unspecified atom stereocenters. The molecule has 3 aliphatic rings. The third-order valence-electron chi connectivity index (χ3n) is 9.98. The van der Waals surface area contributed by atoms with Gasteiger partial charge in [0.05, 0.1) is 0 Å². The van der Waals surface area contributed by atoms with Crippen LogP contribution in [0.25, 0.3) is 22.3 Å². The quantitative estimate of drug-likeness (QED) is 0.177. The van der Waals surface area contributed by atoms with E-state index in [1.807, 2.05) is 0 Å². The monoisotopic (exact) mass is 634 g/mol. The van der Waals surface area contributed by atoms with Gasteiger partial charge in [-0.1, -0.05) is 0 Å². The van der Waals surface area contributed by atoms with Crippen LogP contribution in [0.3, 0.4) is 0 Å². The number of rotatable bonds is 2. The number of fused-ring (bicyclic) bond motifs is 12. The Morgan fingerprint density at radius 2 is 0.667 bits per heavy atom. The normalized spacial score (nSPS) is 14.3. The number of benzene rings is 7. The average Bonchev–Trinajstić information content (AvgIpc) is 3.58. The van der Waals surface area contributed by atoms with Crippen molar-refractivity contribution in [1.82, 2.24) is 0 Å². The van der Waals surface area contributed by atoms with Gasteiger partial charge in [0.15, 0.2) is 0 Å². The van der Waals surface area contributed by atoms with E-state index in [-0.39, 0.29) is 0 Å². The molecule has 0 atom stereocenters. The summed E-state index contributed by atoms with van der Waals surface area (Å²) in [5, 5.41) is 0. The molecule has 0 saturated heterocycles. The molecule has 0 amide bonds. The van der Waals surface area contributed by atoms with Gasteiger partial charge >= 0.3 is 267 Å². The summed E-state index contributed by atoms with van der Waals surface area (Å²) in [6.07, 6.45) is 0. The molecule has 0 aliphatic carbocycles. The Morgan fingerprint density at radius 3 is 1.16 bits per heavy atom. The summed E-state index contributed by atoms with van der Waals surface area (Å²) in [7, 11) is 0. The van der Waals surface area contributed by atoms with Gasteiger partial charge in [0.2, 0.25) is 0 Å². The number of hydrogen-bond donors (Lipinski definition) is 0. The van der Waals surface area contributed by atoms with Gasteiger partial charge < -0.3 is 0 Å². The molecular formula is C42H28GeN2. The summed E-state index contributed by atoms with van der Waals surface area (Å²) in [5.41, 5.74) is 12.7. The van der Waals surface area contributed by atoms with Crippen LogP contribution >= 0.6 is 0 Å². The molecule has 0 fully saturated rings. The van der Waals surface area contributed by atoms with Gasteiger partial charge in [-0.2, -0.15) is 0 Å². The van der Waals surface area contributed by atoms with Crippen LogP contribution in [0.1, 0.15) is 0 Å². The SMILES string of the molecule is c1ccc(N2c3ccccc3N(c3ccc4[c](c3)[Ge]3([c]5ccccc5-c5cccc[c]53)[c]3ccccc3-4)c3ccccc32)cc1. The predicted molar refractivity (Wildman–Crippen MR) is 191 cm³/mol. The van der Waals surface area contributed by atoms with Crippen molar-refractivity contribution in [3.8, 4) is 22.3 Å². The zero-order valence-corrected chi connectivity index (χ0v) is 26.7. The molecule has 7 aromatic rings. The van der Waals surface area contributed by atoms with E-state index in [2.05, 4.69) is 180 Å². The van der Waals surface area contributed by atoms with Gasteiger partial charge in [-0.05, 0) is 0 Å². The third kappa shape index (κ3) is 3.24. The minimum atomic E-state index is -3.29. The van der Waals surface area contributed by atoms with Crippen LogP contribution in [0.4, 0.5) is 34.1 Å². The van der Waals surface area contributed by atoms with Gasteiger partial charge in [-0.25, -0.2) is 0 Å². The summed E-state index contributed by atoms with van der Waals surface area (Å²) in [5.74, 6) is 0. The Bertz CT molecular complexity index is 2200. The molecule has 0 radical (unpaired) electrons. The minimum absolute atomic E-state index is 1.16. The first-order valence-electron chi connectivity index (χ1n) is 15.6. The molecular weight excluding hydrogens is 605 g/mol. The molecule has 0 aromatic heterocycles. The van der Waals surface area contributed by atoms with Crippen molar-refractivity contribution in [3.63, 3.8) is 0 Å². The standard InChI is InChI=1S/C42H28GeN2/c1-2-14-29(15-3-1)44-39-22-10-12-24-41(39)45(42-25-13-11-23-40(42)44)30-26-27-34-33-18-6-9-21-37(33)43(38(34)28-30)35-19-7-4-16-31(35)32-17-5-8-20-36(32)43/h1-28H. The molecule has 3 heterocycles. The van der Waals surface area contributed by atoms with E-state index in [1.165, 1.54) is 55.1 Å². The predicted octanol–water partition coefficient (Wildman–Crippen LogP) is 8.28. The summed E-state index contributed by atoms with van der Waals surface area (Å²) in [4.78, 5) is 4.88. The molecule has 3 aliphatic heterocycles. The summed E-state index contributed by atoms with van der Waals surface area (Å²) >= 11 is -3.29. The summed E-state index contributed by atoms with van der Waals surface area (Å²) < 4.78 is 6.19. The van der Waals surface area contributed by atoms with Crippen LogP contribution in [0, 0.1) is 0 Å². The Morgan fingerprint density at radius 1 is 0.289 bits per heavy atom. The average molecular weight is 633 g/mol. The Kier molecular flexibility index (Phi) is 5.20. The first-order valence-corrected chi connectivity index (χ1v) is 19.8. The molecule has 3 heteroatoms. The molecule has 0 bridgehead atoms. The van der Waals surface area contributed by atoms with Crippen LogP contribution in [0.5, 0.6) is 0 Å². The molecule has 2 nitrogen and oxygen atoms in total. The second-order valence-corrected chi connectivity index (χ2v) is 19.8. The van der Waals surface area contributed by atoms with E-state index >= 15 is 0 Å². The Hall–Kier alpha value is -5.32. The molecule has 1 spiro atoms. The maximum atomic E-state index is 2.56. The summed E-state index contributed by atoms with van der Waals surface area (Å²) in [6, 6.07) is 63.3. The van der Waals surface area contributed by atoms with E-state index < -0.39 is 13.3 Å². The van der Waals surface area contributed by atoms with Crippen LogP contribution in [-0.4, -0.2) is 13.3 Å². The van der Waals surface area contributed by atoms with Gasteiger partial charge in [0.25, 0.3) is 0 Å². The number of para-hydroxylation sites is 5. The number of hydrogen-bond acceptors (Lipinski definition) is 2. The van der Waals surface area contributed by atoms with Crippen molar-refractivity contribution < 1.29 is 0 Å². The van der Waals surface area contributed by atoms with E-state index in [1.54, 1.807) is 13.2 Å². The van der Waals surface area contributed by atoms with Crippen molar-refractivity contribution in [2.45, 2.75) is 0 Å². The third-order valence-corrected chi connectivity index (χ3v) is 20.4. The first-order chi connectivity index (χ1) is 22.4. The van der Waals surface area contributed by atoms with Crippen LogP contribution in [-0.2, 0) is 0 Å². The van der Waals surface area contributed by atoms with E-state index in [0.717, 1.165) is 5.69 Å². The first kappa shape index (κ1) is 25.1. The van der Waals surface area contributed by atoms with Crippen LogP contribution in [0.15, 0.2) is 170 Å². The second kappa shape index (κ2) is 9.34. The molecule has 45 heavy (non-hydrogen) atoms.